The number of aromatic carboxylic acids is 1. The molecular weight excluding hydrogens is 238 g/mol. The van der Waals surface area contributed by atoms with E-state index in [0.717, 1.165) is 16.7 Å². The van der Waals surface area contributed by atoms with Crippen LogP contribution in [0.3, 0.4) is 0 Å². The fourth-order valence-corrected chi connectivity index (χ4v) is 1.88. The number of nitrogens with zero attached hydrogens (tertiary/aromatic N) is 1. The zero-order chi connectivity index (χ0) is 14.6. The predicted molar refractivity (Wildman–Crippen MR) is 78.2 cm³/mol. The summed E-state index contributed by atoms with van der Waals surface area (Å²) in [6.07, 6.45) is 3.74. The Kier molecular flexibility index (Phi) is 4.81. The van der Waals surface area contributed by atoms with Gasteiger partial charge in [0.2, 0.25) is 0 Å². The van der Waals surface area contributed by atoms with E-state index >= 15 is 0 Å². The van der Waals surface area contributed by atoms with Gasteiger partial charge in [0.05, 0.1) is 11.3 Å². The molecule has 3 nitrogen and oxygen atoms in total. The summed E-state index contributed by atoms with van der Waals surface area (Å²) >= 11 is 0. The largest absolute Gasteiger partial charge is 0.478 e. The van der Waals surface area contributed by atoms with E-state index < -0.39 is 5.97 Å². The number of hydrogen-bond donors (Lipinski definition) is 1. The van der Waals surface area contributed by atoms with E-state index in [1.807, 2.05) is 26.8 Å². The third-order valence-corrected chi connectivity index (χ3v) is 2.98. The monoisotopic (exact) mass is 257 g/mol. The van der Waals surface area contributed by atoms with Crippen molar-refractivity contribution in [2.24, 2.45) is 0 Å². The zero-order valence-electron chi connectivity index (χ0n) is 11.8. The van der Waals surface area contributed by atoms with Crippen LogP contribution in [0.5, 0.6) is 0 Å². The average molecular weight is 257 g/mol. The van der Waals surface area contributed by atoms with Crippen molar-refractivity contribution in [3.63, 3.8) is 0 Å². The lowest BCUT2D eigenvalue weighted by Crippen LogP contribution is -2.02. The molecular formula is C16H19NO2. The van der Waals surface area contributed by atoms with E-state index in [2.05, 4.69) is 11.6 Å². The summed E-state index contributed by atoms with van der Waals surface area (Å²) in [7, 11) is 0. The van der Waals surface area contributed by atoms with Crippen LogP contribution in [-0.2, 0) is 0 Å². The quantitative estimate of drug-likeness (QED) is 0.829. The Bertz CT molecular complexity index is 580. The number of aryl methyl sites for hydroxylation is 1. The molecule has 0 bridgehead atoms. The van der Waals surface area contributed by atoms with E-state index in [9.17, 15) is 4.79 Å². The highest BCUT2D eigenvalue weighted by Crippen LogP contribution is 2.26. The van der Waals surface area contributed by atoms with Gasteiger partial charge in [-0.1, -0.05) is 18.7 Å². The third-order valence-electron chi connectivity index (χ3n) is 2.98. The SMILES string of the molecule is C=C/C(C)=C(\C(C)=C/C)c1cc(C(=O)O)cc(C)n1. The second-order valence-electron chi connectivity index (χ2n) is 4.42. The molecule has 0 aromatic carbocycles. The van der Waals surface area contributed by atoms with Gasteiger partial charge in [0.1, 0.15) is 0 Å². The summed E-state index contributed by atoms with van der Waals surface area (Å²) in [5, 5.41) is 9.13. The minimum absolute atomic E-state index is 0.251. The smallest absolute Gasteiger partial charge is 0.335 e. The third kappa shape index (κ3) is 3.41. The standard InChI is InChI=1S/C16H19NO2/c1-6-10(3)15(11(4)7-2)14-9-13(16(18)19)8-12(5)17-14/h6-9H,1H2,2-5H3,(H,18,19)/b11-7-,15-10+. The van der Waals surface area contributed by atoms with Crippen LogP contribution < -0.4 is 0 Å². The predicted octanol–water partition coefficient (Wildman–Crippen LogP) is 4.01. The van der Waals surface area contributed by atoms with E-state index in [-0.39, 0.29) is 5.56 Å². The molecule has 0 fully saturated rings. The van der Waals surface area contributed by atoms with Crippen molar-refractivity contribution in [2.75, 3.05) is 0 Å². The molecule has 0 spiro atoms. The molecule has 0 saturated carbocycles. The molecule has 0 atom stereocenters. The van der Waals surface area contributed by atoms with E-state index in [4.69, 9.17) is 5.11 Å². The fourth-order valence-electron chi connectivity index (χ4n) is 1.88. The maximum absolute atomic E-state index is 11.1. The number of carboxylic acids is 1. The van der Waals surface area contributed by atoms with Gasteiger partial charge in [-0.3, -0.25) is 4.98 Å². The van der Waals surface area contributed by atoms with Gasteiger partial charge in [-0.25, -0.2) is 4.79 Å². The molecule has 0 aliphatic heterocycles. The van der Waals surface area contributed by atoms with E-state index in [0.29, 0.717) is 11.4 Å². The Balaban J connectivity index is 3.57. The van der Waals surface area contributed by atoms with Gasteiger partial charge in [0.25, 0.3) is 0 Å². The summed E-state index contributed by atoms with van der Waals surface area (Å²) in [4.78, 5) is 15.6. The number of hydrogen-bond acceptors (Lipinski definition) is 2. The van der Waals surface area contributed by atoms with Crippen molar-refractivity contribution in [1.29, 1.82) is 0 Å². The lowest BCUT2D eigenvalue weighted by Gasteiger charge is -2.12. The molecule has 0 saturated heterocycles. The molecule has 0 aliphatic rings. The van der Waals surface area contributed by atoms with Gasteiger partial charge in [-0.05, 0) is 51.0 Å². The highest BCUT2D eigenvalue weighted by atomic mass is 16.4. The summed E-state index contributed by atoms with van der Waals surface area (Å²) in [6, 6.07) is 3.17. The first-order valence-electron chi connectivity index (χ1n) is 6.09. The van der Waals surface area contributed by atoms with Gasteiger partial charge < -0.3 is 5.11 Å². The van der Waals surface area contributed by atoms with Crippen molar-refractivity contribution >= 4 is 11.5 Å². The first-order valence-corrected chi connectivity index (χ1v) is 6.09. The first kappa shape index (κ1) is 14.9. The van der Waals surface area contributed by atoms with Crippen molar-refractivity contribution in [1.82, 2.24) is 4.98 Å². The van der Waals surface area contributed by atoms with Gasteiger partial charge in [-0.15, -0.1) is 0 Å². The van der Waals surface area contributed by atoms with Gasteiger partial charge in [-0.2, -0.15) is 0 Å². The van der Waals surface area contributed by atoms with Gasteiger partial charge >= 0.3 is 5.97 Å². The lowest BCUT2D eigenvalue weighted by molar-refractivity contribution is 0.0696. The number of pyridine rings is 1. The summed E-state index contributed by atoms with van der Waals surface area (Å²) in [6.45, 7) is 11.4. The molecule has 0 aliphatic carbocycles. The molecule has 1 aromatic rings. The molecule has 1 heterocycles. The fraction of sp³-hybridized carbons (Fsp3) is 0.250. The van der Waals surface area contributed by atoms with E-state index in [1.54, 1.807) is 25.1 Å². The normalized spacial score (nSPS) is 12.9. The molecule has 100 valence electrons. The first-order chi connectivity index (χ1) is 8.90. The van der Waals surface area contributed by atoms with Crippen LogP contribution in [0.1, 0.15) is 42.5 Å². The molecule has 0 radical (unpaired) electrons. The van der Waals surface area contributed by atoms with Crippen LogP contribution in [0.25, 0.3) is 5.57 Å². The molecule has 19 heavy (non-hydrogen) atoms. The van der Waals surface area contributed by atoms with Crippen molar-refractivity contribution in [3.8, 4) is 0 Å². The maximum atomic E-state index is 11.1. The Morgan fingerprint density at radius 3 is 2.47 bits per heavy atom. The molecule has 3 heteroatoms. The van der Waals surface area contributed by atoms with E-state index in [1.165, 1.54) is 0 Å². The van der Waals surface area contributed by atoms with Crippen LogP contribution in [-0.4, -0.2) is 16.1 Å². The topological polar surface area (TPSA) is 50.2 Å². The van der Waals surface area contributed by atoms with Crippen LogP contribution in [0.4, 0.5) is 0 Å². The maximum Gasteiger partial charge on any atom is 0.335 e. The van der Waals surface area contributed by atoms with Gasteiger partial charge in [0.15, 0.2) is 0 Å². The van der Waals surface area contributed by atoms with Crippen LogP contribution in [0, 0.1) is 6.92 Å². The molecule has 1 aromatic heterocycles. The summed E-state index contributed by atoms with van der Waals surface area (Å²) in [5.41, 5.74) is 4.57. The molecule has 0 unspecified atom stereocenters. The Morgan fingerprint density at radius 2 is 2.00 bits per heavy atom. The van der Waals surface area contributed by atoms with Crippen LogP contribution in [0.15, 0.2) is 42.0 Å². The van der Waals surface area contributed by atoms with Crippen LogP contribution in [0.2, 0.25) is 0 Å². The summed E-state index contributed by atoms with van der Waals surface area (Å²) < 4.78 is 0. The Morgan fingerprint density at radius 1 is 1.37 bits per heavy atom. The number of rotatable bonds is 4. The molecule has 1 N–H and O–H groups in total. The Labute approximate surface area is 114 Å². The highest BCUT2D eigenvalue weighted by molar-refractivity contribution is 5.90. The van der Waals surface area contributed by atoms with Crippen molar-refractivity contribution in [3.05, 3.63) is 59.0 Å². The number of carboxylic acid groups (broad SMARTS) is 1. The average Bonchev–Trinajstić information content (AvgIpc) is 2.37. The lowest BCUT2D eigenvalue weighted by atomic mass is 9.96. The number of aromatic nitrogens is 1. The van der Waals surface area contributed by atoms with Crippen molar-refractivity contribution < 1.29 is 9.90 Å². The molecule has 0 amide bonds. The number of allylic oxidation sites excluding steroid dienone is 5. The minimum Gasteiger partial charge on any atom is -0.478 e. The molecule has 1 rings (SSSR count). The summed E-state index contributed by atoms with van der Waals surface area (Å²) in [5.74, 6) is -0.944. The van der Waals surface area contributed by atoms with Gasteiger partial charge in [0, 0.05) is 11.3 Å². The minimum atomic E-state index is -0.944. The Hall–Kier alpha value is -2.16. The second-order valence-corrected chi connectivity index (χ2v) is 4.42. The second kappa shape index (κ2) is 6.14. The highest BCUT2D eigenvalue weighted by Gasteiger charge is 2.12. The van der Waals surface area contributed by atoms with Crippen molar-refractivity contribution in [2.45, 2.75) is 27.7 Å². The van der Waals surface area contributed by atoms with Crippen LogP contribution >= 0.6 is 0 Å². The zero-order valence-corrected chi connectivity index (χ0v) is 11.8. The number of carbonyl (C=O) groups is 1.